The van der Waals surface area contributed by atoms with Crippen LogP contribution in [0.1, 0.15) is 23.7 Å². The average molecular weight is 313 g/mol. The Balaban J connectivity index is 1.56. The maximum absolute atomic E-state index is 5.76. The topological polar surface area (TPSA) is 40.7 Å². The summed E-state index contributed by atoms with van der Waals surface area (Å²) >= 11 is 0. The van der Waals surface area contributed by atoms with Gasteiger partial charge in [0.05, 0.1) is 32.5 Å². The standard InChI is InChI=1S/C18H23N3O2/c1-22-12-2-3-13-14-4-7-21-16(18(14)19-15(13)10-12)5-6-20-8-9-23-11-17(20)21/h2-3,10,16-17,19H,4-9,11H2,1H3/t16-,17-/m1/s1. The second-order valence-electron chi connectivity index (χ2n) is 6.81. The molecule has 2 aromatic rings. The van der Waals surface area contributed by atoms with E-state index in [2.05, 4.69) is 33.0 Å². The lowest BCUT2D eigenvalue weighted by Crippen LogP contribution is -2.61. The highest BCUT2D eigenvalue weighted by Crippen LogP contribution is 2.41. The van der Waals surface area contributed by atoms with Gasteiger partial charge < -0.3 is 14.5 Å². The van der Waals surface area contributed by atoms with Gasteiger partial charge in [0.2, 0.25) is 0 Å². The van der Waals surface area contributed by atoms with Crippen molar-refractivity contribution >= 4 is 10.9 Å². The third-order valence-corrected chi connectivity index (χ3v) is 5.78. The van der Waals surface area contributed by atoms with E-state index in [1.807, 2.05) is 0 Å². The Bertz CT molecular complexity index is 741. The number of H-pyrrole nitrogens is 1. The third-order valence-electron chi connectivity index (χ3n) is 5.78. The third kappa shape index (κ3) is 2.04. The number of ether oxygens (including phenoxy) is 2. The average Bonchev–Trinajstić information content (AvgIpc) is 2.99. The van der Waals surface area contributed by atoms with Crippen LogP contribution in [0.15, 0.2) is 18.2 Å². The lowest BCUT2D eigenvalue weighted by molar-refractivity contribution is -0.120. The van der Waals surface area contributed by atoms with Crippen molar-refractivity contribution in [2.45, 2.75) is 25.0 Å². The Labute approximate surface area is 136 Å². The lowest BCUT2D eigenvalue weighted by Gasteiger charge is -2.51. The van der Waals surface area contributed by atoms with Crippen molar-refractivity contribution in [1.29, 1.82) is 0 Å². The lowest BCUT2D eigenvalue weighted by atomic mass is 9.92. The number of aromatic amines is 1. The molecular weight excluding hydrogens is 290 g/mol. The molecule has 122 valence electrons. The van der Waals surface area contributed by atoms with Crippen molar-refractivity contribution in [2.75, 3.05) is 40.0 Å². The van der Waals surface area contributed by atoms with Crippen molar-refractivity contribution < 1.29 is 9.47 Å². The van der Waals surface area contributed by atoms with Gasteiger partial charge in [0, 0.05) is 42.3 Å². The number of methoxy groups -OCH3 is 1. The number of fused-ring (bicyclic) bond motifs is 7. The molecule has 23 heavy (non-hydrogen) atoms. The van der Waals surface area contributed by atoms with Crippen LogP contribution in [0.5, 0.6) is 5.75 Å². The Morgan fingerprint density at radius 2 is 2.22 bits per heavy atom. The van der Waals surface area contributed by atoms with Crippen molar-refractivity contribution in [2.24, 2.45) is 0 Å². The molecule has 1 N–H and O–H groups in total. The van der Waals surface area contributed by atoms with E-state index < -0.39 is 0 Å². The summed E-state index contributed by atoms with van der Waals surface area (Å²) < 4.78 is 11.1. The first-order valence-electron chi connectivity index (χ1n) is 8.61. The van der Waals surface area contributed by atoms with Crippen LogP contribution < -0.4 is 4.74 Å². The first-order chi connectivity index (χ1) is 11.3. The van der Waals surface area contributed by atoms with Gasteiger partial charge in [-0.2, -0.15) is 0 Å². The molecule has 1 aromatic carbocycles. The molecule has 4 heterocycles. The van der Waals surface area contributed by atoms with Gasteiger partial charge >= 0.3 is 0 Å². The minimum atomic E-state index is 0.455. The Morgan fingerprint density at radius 1 is 1.26 bits per heavy atom. The maximum Gasteiger partial charge on any atom is 0.120 e. The van der Waals surface area contributed by atoms with Gasteiger partial charge in [-0.25, -0.2) is 0 Å². The number of aromatic nitrogens is 1. The van der Waals surface area contributed by atoms with Crippen LogP contribution >= 0.6 is 0 Å². The monoisotopic (exact) mass is 313 g/mol. The SMILES string of the molecule is COc1ccc2c3c([nH]c2c1)[C@H]1CCN2CCOC[C@H]2N1CC3. The second-order valence-corrected chi connectivity index (χ2v) is 6.81. The minimum Gasteiger partial charge on any atom is -0.497 e. The summed E-state index contributed by atoms with van der Waals surface area (Å²) in [6.07, 6.45) is 2.77. The Hall–Kier alpha value is -1.56. The molecular formula is C18H23N3O2. The van der Waals surface area contributed by atoms with Crippen LogP contribution in [-0.2, 0) is 11.2 Å². The summed E-state index contributed by atoms with van der Waals surface area (Å²) in [5.74, 6) is 0.920. The predicted octanol–water partition coefficient (Wildman–Crippen LogP) is 2.14. The number of nitrogens with one attached hydrogen (secondary N) is 1. The van der Waals surface area contributed by atoms with E-state index in [9.17, 15) is 0 Å². The summed E-state index contributed by atoms with van der Waals surface area (Å²) in [6.45, 7) is 5.10. The molecule has 2 fully saturated rings. The molecule has 2 atom stereocenters. The summed E-state index contributed by atoms with van der Waals surface area (Å²) in [5, 5.41) is 1.36. The smallest absolute Gasteiger partial charge is 0.120 e. The van der Waals surface area contributed by atoms with Gasteiger partial charge in [0.15, 0.2) is 0 Å². The van der Waals surface area contributed by atoms with Gasteiger partial charge in [0.1, 0.15) is 5.75 Å². The van der Waals surface area contributed by atoms with E-state index in [4.69, 9.17) is 9.47 Å². The van der Waals surface area contributed by atoms with Crippen LogP contribution in [0.2, 0.25) is 0 Å². The van der Waals surface area contributed by atoms with Crippen molar-refractivity contribution in [3.8, 4) is 5.75 Å². The van der Waals surface area contributed by atoms with E-state index in [0.29, 0.717) is 12.2 Å². The molecule has 0 unspecified atom stereocenters. The van der Waals surface area contributed by atoms with Gasteiger partial charge in [0.25, 0.3) is 0 Å². The van der Waals surface area contributed by atoms with Crippen molar-refractivity contribution in [3.05, 3.63) is 29.5 Å². The molecule has 0 aliphatic carbocycles. The fraction of sp³-hybridized carbons (Fsp3) is 0.556. The predicted molar refractivity (Wildman–Crippen MR) is 88.8 cm³/mol. The van der Waals surface area contributed by atoms with Crippen molar-refractivity contribution in [1.82, 2.24) is 14.8 Å². The molecule has 2 saturated heterocycles. The van der Waals surface area contributed by atoms with Gasteiger partial charge in [-0.15, -0.1) is 0 Å². The minimum absolute atomic E-state index is 0.455. The zero-order valence-corrected chi connectivity index (χ0v) is 13.5. The number of morpholine rings is 1. The number of hydrogen-bond acceptors (Lipinski definition) is 4. The van der Waals surface area contributed by atoms with Gasteiger partial charge in [-0.1, -0.05) is 0 Å². The number of hydrogen-bond donors (Lipinski definition) is 1. The van der Waals surface area contributed by atoms with E-state index in [-0.39, 0.29) is 0 Å². The molecule has 5 heteroatoms. The number of benzene rings is 1. The first kappa shape index (κ1) is 13.8. The highest BCUT2D eigenvalue weighted by atomic mass is 16.5. The quantitative estimate of drug-likeness (QED) is 0.876. The summed E-state index contributed by atoms with van der Waals surface area (Å²) in [6, 6.07) is 6.90. The molecule has 0 bridgehead atoms. The summed E-state index contributed by atoms with van der Waals surface area (Å²) in [5.41, 5.74) is 4.14. The van der Waals surface area contributed by atoms with Crippen LogP contribution in [0.3, 0.4) is 0 Å². The molecule has 3 aliphatic rings. The molecule has 0 amide bonds. The van der Waals surface area contributed by atoms with Crippen LogP contribution in [0.25, 0.3) is 10.9 Å². The maximum atomic E-state index is 5.76. The molecule has 0 spiro atoms. The number of nitrogens with zero attached hydrogens (tertiary/aromatic N) is 2. The fourth-order valence-electron chi connectivity index (χ4n) is 4.65. The fourth-order valence-corrected chi connectivity index (χ4v) is 4.65. The second kappa shape index (κ2) is 5.23. The molecule has 0 radical (unpaired) electrons. The van der Waals surface area contributed by atoms with E-state index in [1.165, 1.54) is 35.1 Å². The van der Waals surface area contributed by atoms with Gasteiger partial charge in [-0.3, -0.25) is 9.80 Å². The Morgan fingerprint density at radius 3 is 3.13 bits per heavy atom. The number of rotatable bonds is 1. The largest absolute Gasteiger partial charge is 0.497 e. The molecule has 3 aliphatic heterocycles. The van der Waals surface area contributed by atoms with Crippen LogP contribution in [0.4, 0.5) is 0 Å². The Kier molecular flexibility index (Phi) is 3.15. The molecule has 0 saturated carbocycles. The van der Waals surface area contributed by atoms with E-state index in [0.717, 1.165) is 38.5 Å². The summed E-state index contributed by atoms with van der Waals surface area (Å²) in [4.78, 5) is 8.95. The van der Waals surface area contributed by atoms with E-state index in [1.54, 1.807) is 7.11 Å². The highest BCUT2D eigenvalue weighted by Gasteiger charge is 2.41. The van der Waals surface area contributed by atoms with Crippen LogP contribution in [0, 0.1) is 0 Å². The zero-order chi connectivity index (χ0) is 15.4. The molecule has 5 nitrogen and oxygen atoms in total. The first-order valence-corrected chi connectivity index (χ1v) is 8.61. The highest BCUT2D eigenvalue weighted by molar-refractivity contribution is 5.86. The molecule has 1 aromatic heterocycles. The normalized spacial score (nSPS) is 28.2. The van der Waals surface area contributed by atoms with Gasteiger partial charge in [-0.05, 0) is 30.5 Å². The van der Waals surface area contributed by atoms with Crippen molar-refractivity contribution in [3.63, 3.8) is 0 Å². The van der Waals surface area contributed by atoms with Crippen LogP contribution in [-0.4, -0.2) is 60.9 Å². The summed E-state index contributed by atoms with van der Waals surface area (Å²) in [7, 11) is 1.73. The zero-order valence-electron chi connectivity index (χ0n) is 13.5. The van der Waals surface area contributed by atoms with E-state index >= 15 is 0 Å². The molecule has 5 rings (SSSR count).